The molecule has 1 aliphatic heterocycles. The number of nitrogens with zero attached hydrogens (tertiary/aromatic N) is 1. The third kappa shape index (κ3) is 3.88. The fourth-order valence-electron chi connectivity index (χ4n) is 3.26. The van der Waals surface area contributed by atoms with Crippen molar-refractivity contribution >= 4 is 23.2 Å². The van der Waals surface area contributed by atoms with Crippen LogP contribution in [0.15, 0.2) is 84.9 Å². The molecule has 0 radical (unpaired) electrons. The SMILES string of the molecule is O=C(Nc1ccccc1)C1CC(=O)N(c2ccccc2Oc2ccccc2)C1. The Hall–Kier alpha value is -3.60. The first-order valence-electron chi connectivity index (χ1n) is 9.19. The van der Waals surface area contributed by atoms with Gasteiger partial charge in [0.05, 0.1) is 11.6 Å². The highest BCUT2D eigenvalue weighted by Crippen LogP contribution is 2.35. The van der Waals surface area contributed by atoms with E-state index in [-0.39, 0.29) is 18.2 Å². The number of amides is 2. The second-order valence-electron chi connectivity index (χ2n) is 6.64. The van der Waals surface area contributed by atoms with E-state index in [1.807, 2.05) is 84.9 Å². The van der Waals surface area contributed by atoms with Crippen LogP contribution in [-0.4, -0.2) is 18.4 Å². The number of hydrogen-bond donors (Lipinski definition) is 1. The molecule has 1 N–H and O–H groups in total. The van der Waals surface area contributed by atoms with Crippen LogP contribution in [0.4, 0.5) is 11.4 Å². The zero-order valence-corrected chi connectivity index (χ0v) is 15.2. The summed E-state index contributed by atoms with van der Waals surface area (Å²) in [6, 6.07) is 26.1. The quantitative estimate of drug-likeness (QED) is 0.719. The summed E-state index contributed by atoms with van der Waals surface area (Å²) in [6.45, 7) is 0.326. The van der Waals surface area contributed by atoms with E-state index in [9.17, 15) is 9.59 Å². The number of anilines is 2. The molecule has 1 fully saturated rings. The van der Waals surface area contributed by atoms with Crippen molar-refractivity contribution in [1.82, 2.24) is 0 Å². The third-order valence-corrected chi connectivity index (χ3v) is 4.66. The minimum atomic E-state index is -0.405. The van der Waals surface area contributed by atoms with Gasteiger partial charge in [-0.1, -0.05) is 48.5 Å². The normalized spacial score (nSPS) is 16.1. The number of carbonyl (C=O) groups is 2. The predicted molar refractivity (Wildman–Crippen MR) is 108 cm³/mol. The Balaban J connectivity index is 1.51. The summed E-state index contributed by atoms with van der Waals surface area (Å²) in [7, 11) is 0. The molecule has 1 unspecified atom stereocenters. The summed E-state index contributed by atoms with van der Waals surface area (Å²) < 4.78 is 5.97. The van der Waals surface area contributed by atoms with E-state index in [1.54, 1.807) is 4.90 Å². The van der Waals surface area contributed by atoms with Gasteiger partial charge in [-0.05, 0) is 36.4 Å². The van der Waals surface area contributed by atoms with Crippen LogP contribution in [0.25, 0.3) is 0 Å². The molecule has 140 valence electrons. The average molecular weight is 372 g/mol. The monoisotopic (exact) mass is 372 g/mol. The Morgan fingerprint density at radius 3 is 2.29 bits per heavy atom. The highest BCUT2D eigenvalue weighted by Gasteiger charge is 2.36. The fourth-order valence-corrected chi connectivity index (χ4v) is 3.26. The Morgan fingerprint density at radius 1 is 0.893 bits per heavy atom. The lowest BCUT2D eigenvalue weighted by atomic mass is 10.1. The van der Waals surface area contributed by atoms with Gasteiger partial charge in [-0.3, -0.25) is 9.59 Å². The van der Waals surface area contributed by atoms with Crippen molar-refractivity contribution in [3.8, 4) is 11.5 Å². The lowest BCUT2D eigenvalue weighted by Gasteiger charge is -2.20. The van der Waals surface area contributed by atoms with Gasteiger partial charge < -0.3 is 15.0 Å². The van der Waals surface area contributed by atoms with Crippen molar-refractivity contribution in [2.75, 3.05) is 16.8 Å². The highest BCUT2D eigenvalue weighted by atomic mass is 16.5. The molecule has 28 heavy (non-hydrogen) atoms. The molecule has 2 amide bonds. The van der Waals surface area contributed by atoms with Crippen LogP contribution < -0.4 is 15.0 Å². The van der Waals surface area contributed by atoms with Crippen LogP contribution in [-0.2, 0) is 9.59 Å². The van der Waals surface area contributed by atoms with Crippen molar-refractivity contribution < 1.29 is 14.3 Å². The Kier molecular flexibility index (Phi) is 5.06. The van der Waals surface area contributed by atoms with Crippen molar-refractivity contribution in [3.05, 3.63) is 84.9 Å². The van der Waals surface area contributed by atoms with Crippen LogP contribution >= 0.6 is 0 Å². The number of hydrogen-bond acceptors (Lipinski definition) is 3. The lowest BCUT2D eigenvalue weighted by Crippen LogP contribution is -2.28. The molecule has 0 aliphatic carbocycles. The van der Waals surface area contributed by atoms with Gasteiger partial charge in [0.15, 0.2) is 5.75 Å². The maximum atomic E-state index is 12.6. The van der Waals surface area contributed by atoms with Crippen molar-refractivity contribution in [2.24, 2.45) is 5.92 Å². The number of ether oxygens (including phenoxy) is 1. The van der Waals surface area contributed by atoms with Crippen LogP contribution in [0.2, 0.25) is 0 Å². The molecule has 1 saturated heterocycles. The fraction of sp³-hybridized carbons (Fsp3) is 0.130. The van der Waals surface area contributed by atoms with E-state index in [2.05, 4.69) is 5.32 Å². The van der Waals surface area contributed by atoms with E-state index in [0.29, 0.717) is 23.7 Å². The van der Waals surface area contributed by atoms with E-state index >= 15 is 0 Å². The molecule has 5 heteroatoms. The number of rotatable bonds is 5. The molecule has 1 aliphatic rings. The highest BCUT2D eigenvalue weighted by molar-refractivity contribution is 6.04. The van der Waals surface area contributed by atoms with Crippen LogP contribution in [0, 0.1) is 5.92 Å². The van der Waals surface area contributed by atoms with E-state index in [0.717, 1.165) is 5.69 Å². The van der Waals surface area contributed by atoms with Gasteiger partial charge in [0.2, 0.25) is 11.8 Å². The smallest absolute Gasteiger partial charge is 0.229 e. The van der Waals surface area contributed by atoms with E-state index < -0.39 is 5.92 Å². The summed E-state index contributed by atoms with van der Waals surface area (Å²) in [6.07, 6.45) is 0.179. The van der Waals surface area contributed by atoms with Gasteiger partial charge in [0.1, 0.15) is 5.75 Å². The minimum Gasteiger partial charge on any atom is -0.455 e. The van der Waals surface area contributed by atoms with Crippen LogP contribution in [0.5, 0.6) is 11.5 Å². The summed E-state index contributed by atoms with van der Waals surface area (Å²) in [4.78, 5) is 26.9. The molecule has 0 saturated carbocycles. The first kappa shape index (κ1) is 17.8. The van der Waals surface area contributed by atoms with Gasteiger partial charge in [0, 0.05) is 18.7 Å². The molecule has 5 nitrogen and oxygen atoms in total. The molecule has 0 bridgehead atoms. The molecule has 0 spiro atoms. The molecule has 1 heterocycles. The first-order valence-corrected chi connectivity index (χ1v) is 9.19. The molecule has 3 aromatic rings. The zero-order valence-electron chi connectivity index (χ0n) is 15.2. The molecule has 3 aromatic carbocycles. The first-order chi connectivity index (χ1) is 13.7. The van der Waals surface area contributed by atoms with Crippen molar-refractivity contribution in [3.63, 3.8) is 0 Å². The number of nitrogens with one attached hydrogen (secondary N) is 1. The van der Waals surface area contributed by atoms with Gasteiger partial charge >= 0.3 is 0 Å². The van der Waals surface area contributed by atoms with E-state index in [1.165, 1.54) is 0 Å². The number of para-hydroxylation sites is 4. The van der Waals surface area contributed by atoms with Gasteiger partial charge in [-0.25, -0.2) is 0 Å². The Morgan fingerprint density at radius 2 is 1.54 bits per heavy atom. The summed E-state index contributed by atoms with van der Waals surface area (Å²) >= 11 is 0. The second kappa shape index (κ2) is 7.96. The maximum absolute atomic E-state index is 12.6. The van der Waals surface area contributed by atoms with Crippen molar-refractivity contribution in [2.45, 2.75) is 6.42 Å². The van der Waals surface area contributed by atoms with Gasteiger partial charge in [0.25, 0.3) is 0 Å². The summed E-state index contributed by atoms with van der Waals surface area (Å²) in [5, 5.41) is 2.88. The maximum Gasteiger partial charge on any atom is 0.229 e. The van der Waals surface area contributed by atoms with Crippen LogP contribution in [0.1, 0.15) is 6.42 Å². The number of carbonyl (C=O) groups excluding carboxylic acids is 2. The molecular weight excluding hydrogens is 352 g/mol. The predicted octanol–water partition coefficient (Wildman–Crippen LogP) is 4.47. The molecule has 0 aromatic heterocycles. The standard InChI is InChI=1S/C23H20N2O3/c26-22-15-17(23(27)24-18-9-3-1-4-10-18)16-25(22)20-13-7-8-14-21(20)28-19-11-5-2-6-12-19/h1-14,17H,15-16H2,(H,24,27). The Bertz CT molecular complexity index is 973. The average Bonchev–Trinajstić information content (AvgIpc) is 3.12. The third-order valence-electron chi connectivity index (χ3n) is 4.66. The topological polar surface area (TPSA) is 58.6 Å². The largest absolute Gasteiger partial charge is 0.455 e. The summed E-state index contributed by atoms with van der Waals surface area (Å²) in [5.74, 6) is 0.643. The summed E-state index contributed by atoms with van der Waals surface area (Å²) in [5.41, 5.74) is 1.40. The molecular formula is C23H20N2O3. The zero-order chi connectivity index (χ0) is 19.3. The van der Waals surface area contributed by atoms with Crippen molar-refractivity contribution in [1.29, 1.82) is 0 Å². The molecule has 4 rings (SSSR count). The van der Waals surface area contributed by atoms with Crippen LogP contribution in [0.3, 0.4) is 0 Å². The van der Waals surface area contributed by atoms with Gasteiger partial charge in [-0.15, -0.1) is 0 Å². The minimum absolute atomic E-state index is 0.0858. The lowest BCUT2D eigenvalue weighted by molar-refractivity contribution is -0.122. The second-order valence-corrected chi connectivity index (χ2v) is 6.64. The van der Waals surface area contributed by atoms with Gasteiger partial charge in [-0.2, -0.15) is 0 Å². The molecule has 1 atom stereocenters. The number of benzene rings is 3. The van der Waals surface area contributed by atoms with E-state index in [4.69, 9.17) is 4.74 Å². The Labute approximate surface area is 163 Å².